The largest absolute Gasteiger partial charge is 0.457 e. The van der Waals surface area contributed by atoms with Gasteiger partial charge in [-0.05, 0) is 74.1 Å². The van der Waals surface area contributed by atoms with Crippen LogP contribution in [-0.2, 0) is 16.1 Å². The van der Waals surface area contributed by atoms with Crippen molar-refractivity contribution in [2.45, 2.75) is 114 Å². The lowest BCUT2D eigenvalue weighted by atomic mass is 9.77. The van der Waals surface area contributed by atoms with Crippen LogP contribution in [0.5, 0.6) is 11.5 Å². The summed E-state index contributed by atoms with van der Waals surface area (Å²) in [6, 6.07) is 14.4. The molecule has 9 nitrogen and oxygen atoms in total. The highest BCUT2D eigenvalue weighted by atomic mass is 35.5. The molecule has 3 aliphatic rings. The second-order valence-electron chi connectivity index (χ2n) is 13.6. The van der Waals surface area contributed by atoms with Crippen molar-refractivity contribution in [1.29, 1.82) is 0 Å². The van der Waals surface area contributed by atoms with E-state index in [4.69, 9.17) is 4.74 Å². The van der Waals surface area contributed by atoms with E-state index in [1.54, 1.807) is 31.3 Å². The van der Waals surface area contributed by atoms with Crippen molar-refractivity contribution in [3.05, 3.63) is 59.7 Å². The Morgan fingerprint density at radius 2 is 1.53 bits per heavy atom. The molecule has 2 heterocycles. The maximum absolute atomic E-state index is 14.0. The fourth-order valence-corrected chi connectivity index (χ4v) is 7.46. The molecule has 0 radical (unpaired) electrons. The van der Waals surface area contributed by atoms with Crippen molar-refractivity contribution in [1.82, 2.24) is 20.4 Å². The average Bonchev–Trinajstić information content (AvgIpc) is 3.07. The van der Waals surface area contributed by atoms with E-state index in [0.29, 0.717) is 55.7 Å². The van der Waals surface area contributed by atoms with E-state index in [1.807, 2.05) is 17.0 Å². The number of halogens is 1. The minimum absolute atomic E-state index is 0. The Hall–Kier alpha value is -3.14. The Balaban J connectivity index is 0.00000500. The summed E-state index contributed by atoms with van der Waals surface area (Å²) in [5.41, 5.74) is 0.0343. The molecule has 1 spiro atoms. The van der Waals surface area contributed by atoms with E-state index in [9.17, 15) is 19.5 Å². The number of aliphatic hydroxyl groups is 1. The fraction of sp³-hybridized carbons (Fsp3) is 0.595. The molecule has 1 atom stereocenters. The zero-order chi connectivity index (χ0) is 32.6. The van der Waals surface area contributed by atoms with Crippen LogP contribution in [-0.4, -0.2) is 76.5 Å². The number of ether oxygens (including phenoxy) is 1. The molecule has 3 fully saturated rings. The van der Waals surface area contributed by atoms with Gasteiger partial charge in [0.05, 0.1) is 5.60 Å². The topological polar surface area (TPSA) is 111 Å². The number of nitrogens with zero attached hydrogens (tertiary/aromatic N) is 2. The van der Waals surface area contributed by atoms with Crippen LogP contribution in [0.1, 0.15) is 106 Å². The molecule has 0 aromatic heterocycles. The summed E-state index contributed by atoms with van der Waals surface area (Å²) in [7, 11) is 1.61. The Bertz CT molecular complexity index is 1320. The number of benzene rings is 2. The summed E-state index contributed by atoms with van der Waals surface area (Å²) in [5, 5.41) is 17.0. The van der Waals surface area contributed by atoms with Crippen molar-refractivity contribution in [3.63, 3.8) is 0 Å². The Morgan fingerprint density at radius 3 is 2.15 bits per heavy atom. The summed E-state index contributed by atoms with van der Waals surface area (Å²) in [5.74, 6) is 1.18. The first-order valence-electron chi connectivity index (χ1n) is 17.4. The predicted molar refractivity (Wildman–Crippen MR) is 186 cm³/mol. The standard InChI is InChI=1S/C37H52N4O5.ClH/c1-3-4-5-6-10-23-41-34(43)32(26-36(45)19-8-7-9-20-36)39-35(44)37(41)21-24-40(25-22-37)27-28-11-15-30(16-12-28)46-31-17-13-29(14-18-31)33(42)38-2;/h11-18,32,45H,3-10,19-27H2,1-2H3,(H,38,42)(H,39,44);1H/t32-;/m1./s1. The second-order valence-corrected chi connectivity index (χ2v) is 13.6. The van der Waals surface area contributed by atoms with Gasteiger partial charge in [-0.25, -0.2) is 0 Å². The van der Waals surface area contributed by atoms with Gasteiger partial charge in [0.2, 0.25) is 11.8 Å². The molecular formula is C37H53ClN4O5. The van der Waals surface area contributed by atoms with Crippen LogP contribution in [0.3, 0.4) is 0 Å². The number of rotatable bonds is 13. The lowest BCUT2D eigenvalue weighted by Gasteiger charge is -2.52. The Morgan fingerprint density at radius 1 is 0.915 bits per heavy atom. The Labute approximate surface area is 286 Å². The molecule has 2 aromatic carbocycles. The van der Waals surface area contributed by atoms with Crippen molar-refractivity contribution >= 4 is 30.1 Å². The van der Waals surface area contributed by atoms with Crippen molar-refractivity contribution in [3.8, 4) is 11.5 Å². The molecule has 0 bridgehead atoms. The maximum atomic E-state index is 14.0. The van der Waals surface area contributed by atoms with E-state index in [2.05, 4.69) is 34.6 Å². The number of piperidine rings is 1. The number of piperazine rings is 1. The van der Waals surface area contributed by atoms with Gasteiger partial charge >= 0.3 is 0 Å². The number of hydrogen-bond donors (Lipinski definition) is 3. The number of nitrogens with one attached hydrogen (secondary N) is 2. The lowest BCUT2D eigenvalue weighted by molar-refractivity contribution is -0.163. The highest BCUT2D eigenvalue weighted by Gasteiger charge is 2.54. The highest BCUT2D eigenvalue weighted by molar-refractivity contribution is 6.00. The molecule has 47 heavy (non-hydrogen) atoms. The van der Waals surface area contributed by atoms with E-state index in [0.717, 1.165) is 70.1 Å². The van der Waals surface area contributed by atoms with E-state index < -0.39 is 17.2 Å². The smallest absolute Gasteiger partial charge is 0.251 e. The minimum Gasteiger partial charge on any atom is -0.457 e. The normalized spacial score (nSPS) is 20.7. The SMILES string of the molecule is CCCCCCCN1C(=O)[C@@H](CC2(O)CCCCC2)NC(=O)C12CCN(Cc1ccc(Oc3ccc(C(=O)NC)cc3)cc1)CC2.Cl. The molecule has 2 aliphatic heterocycles. The number of likely N-dealkylation sites (tertiary alicyclic amines) is 1. The quantitative estimate of drug-likeness (QED) is 0.227. The van der Waals surface area contributed by atoms with E-state index >= 15 is 0 Å². The third kappa shape index (κ3) is 9.06. The first-order chi connectivity index (χ1) is 22.2. The summed E-state index contributed by atoms with van der Waals surface area (Å²) in [6.45, 7) is 4.98. The molecule has 5 rings (SSSR count). The molecule has 2 aromatic rings. The summed E-state index contributed by atoms with van der Waals surface area (Å²) in [4.78, 5) is 44.0. The maximum Gasteiger partial charge on any atom is 0.251 e. The van der Waals surface area contributed by atoms with Gasteiger partial charge < -0.3 is 25.4 Å². The van der Waals surface area contributed by atoms with Crippen molar-refractivity contribution in [2.75, 3.05) is 26.7 Å². The van der Waals surface area contributed by atoms with Crippen LogP contribution in [0, 0.1) is 0 Å². The van der Waals surface area contributed by atoms with Gasteiger partial charge in [-0.2, -0.15) is 0 Å². The molecule has 2 saturated heterocycles. The van der Waals surface area contributed by atoms with Crippen LogP contribution in [0.2, 0.25) is 0 Å². The molecule has 0 unspecified atom stereocenters. The highest BCUT2D eigenvalue weighted by Crippen LogP contribution is 2.38. The van der Waals surface area contributed by atoms with E-state index in [1.165, 1.54) is 6.42 Å². The lowest BCUT2D eigenvalue weighted by Crippen LogP contribution is -2.73. The number of carbonyl (C=O) groups excluding carboxylic acids is 3. The van der Waals surface area contributed by atoms with Crippen molar-refractivity contribution in [2.24, 2.45) is 0 Å². The number of hydrogen-bond acceptors (Lipinski definition) is 6. The molecule has 258 valence electrons. The minimum atomic E-state index is -0.871. The molecular weight excluding hydrogens is 616 g/mol. The van der Waals surface area contributed by atoms with Gasteiger partial charge in [-0.15, -0.1) is 12.4 Å². The zero-order valence-electron chi connectivity index (χ0n) is 28.1. The second kappa shape index (κ2) is 16.8. The van der Waals surface area contributed by atoms with E-state index in [-0.39, 0.29) is 30.1 Å². The van der Waals surface area contributed by atoms with Gasteiger partial charge in [0.25, 0.3) is 5.91 Å². The van der Waals surface area contributed by atoms with Crippen LogP contribution < -0.4 is 15.4 Å². The van der Waals surface area contributed by atoms with Crippen LogP contribution in [0.4, 0.5) is 0 Å². The molecule has 1 aliphatic carbocycles. The molecule has 3 N–H and O–H groups in total. The third-order valence-electron chi connectivity index (χ3n) is 10.3. The number of amides is 3. The number of unbranched alkanes of at least 4 members (excludes halogenated alkanes) is 4. The van der Waals surface area contributed by atoms with Gasteiger partial charge in [0.1, 0.15) is 23.1 Å². The van der Waals surface area contributed by atoms with Crippen molar-refractivity contribution < 1.29 is 24.2 Å². The van der Waals surface area contributed by atoms with Crippen LogP contribution >= 0.6 is 12.4 Å². The fourth-order valence-electron chi connectivity index (χ4n) is 7.46. The molecule has 3 amide bonds. The third-order valence-corrected chi connectivity index (χ3v) is 10.3. The van der Waals surface area contributed by atoms with Crippen LogP contribution in [0.15, 0.2) is 48.5 Å². The monoisotopic (exact) mass is 668 g/mol. The predicted octanol–water partition coefficient (Wildman–Crippen LogP) is 5.98. The average molecular weight is 669 g/mol. The van der Waals surface area contributed by atoms with Gasteiger partial charge in [0, 0.05) is 45.2 Å². The van der Waals surface area contributed by atoms with Gasteiger partial charge in [0.15, 0.2) is 0 Å². The summed E-state index contributed by atoms with van der Waals surface area (Å²) in [6.07, 6.45) is 11.4. The number of carbonyl (C=O) groups is 3. The Kier molecular flexibility index (Phi) is 13.1. The van der Waals surface area contributed by atoms with Gasteiger partial charge in [-0.1, -0.05) is 64.0 Å². The first-order valence-corrected chi connectivity index (χ1v) is 17.4. The molecule has 10 heteroatoms. The first kappa shape index (κ1) is 36.7. The molecule has 1 saturated carbocycles. The zero-order valence-corrected chi connectivity index (χ0v) is 28.9. The van der Waals surface area contributed by atoms with Crippen LogP contribution in [0.25, 0.3) is 0 Å². The van der Waals surface area contributed by atoms with Gasteiger partial charge in [-0.3, -0.25) is 19.3 Å². The summed E-state index contributed by atoms with van der Waals surface area (Å²) < 4.78 is 5.97. The summed E-state index contributed by atoms with van der Waals surface area (Å²) >= 11 is 0.